The van der Waals surface area contributed by atoms with Gasteiger partial charge >= 0.3 is 0 Å². The molecule has 0 N–H and O–H groups in total. The van der Waals surface area contributed by atoms with E-state index in [1.54, 1.807) is 0 Å². The van der Waals surface area contributed by atoms with E-state index in [1.165, 1.54) is 98.2 Å². The van der Waals surface area contributed by atoms with E-state index >= 15 is 0 Å². The van der Waals surface area contributed by atoms with Gasteiger partial charge in [0.05, 0.1) is 27.5 Å². The van der Waals surface area contributed by atoms with Crippen LogP contribution in [0.3, 0.4) is 0 Å². The Kier molecular flexibility index (Phi) is 7.23. The summed E-state index contributed by atoms with van der Waals surface area (Å²) in [6.45, 7) is 0. The van der Waals surface area contributed by atoms with Gasteiger partial charge in [0.1, 0.15) is 11.3 Å². The first kappa shape index (κ1) is 34.6. The maximum Gasteiger partial charge on any atom is 0.144 e. The number of allylic oxidation sites excluding steroid dienone is 1. The average molecular weight is 803 g/mol. The van der Waals surface area contributed by atoms with Crippen LogP contribution in [0.5, 0.6) is 0 Å². The molecule has 1 aliphatic carbocycles. The molecule has 1 aliphatic rings. The highest BCUT2D eigenvalue weighted by Gasteiger charge is 2.25. The predicted octanol–water partition coefficient (Wildman–Crippen LogP) is 16.4. The van der Waals surface area contributed by atoms with Gasteiger partial charge in [0.25, 0.3) is 0 Å². The molecule has 0 radical (unpaired) electrons. The molecule has 0 saturated heterocycles. The second-order valence-electron chi connectivity index (χ2n) is 17.1. The lowest BCUT2D eigenvalue weighted by Crippen LogP contribution is -1.96. The molecule has 3 aromatic heterocycles. The molecule has 3 heteroatoms. The Hall–Kier alpha value is -8.14. The summed E-state index contributed by atoms with van der Waals surface area (Å²) in [6, 6.07) is 71.5. The van der Waals surface area contributed by atoms with Gasteiger partial charge in [-0.1, -0.05) is 146 Å². The van der Waals surface area contributed by atoms with Gasteiger partial charge in [-0.15, -0.1) is 0 Å². The lowest BCUT2D eigenvalue weighted by molar-refractivity contribution is 0.549. The number of nitrogens with zero attached hydrogens (tertiary/aromatic N) is 2. The molecule has 0 fully saturated rings. The smallest absolute Gasteiger partial charge is 0.144 e. The van der Waals surface area contributed by atoms with Gasteiger partial charge in [-0.25, -0.2) is 0 Å². The van der Waals surface area contributed by atoms with Crippen LogP contribution in [0.1, 0.15) is 17.7 Å². The molecule has 13 aromatic rings. The Labute approximate surface area is 363 Å². The van der Waals surface area contributed by atoms with Crippen molar-refractivity contribution >= 4 is 93.0 Å². The van der Waals surface area contributed by atoms with Crippen LogP contribution in [0, 0.1) is 0 Å². The second-order valence-corrected chi connectivity index (χ2v) is 17.1. The van der Waals surface area contributed by atoms with Crippen LogP contribution in [0.2, 0.25) is 0 Å². The van der Waals surface area contributed by atoms with Gasteiger partial charge in [-0.3, -0.25) is 0 Å². The van der Waals surface area contributed by atoms with Crippen LogP contribution in [0.4, 0.5) is 0 Å². The summed E-state index contributed by atoms with van der Waals surface area (Å²) in [5, 5.41) is 13.7. The third-order valence-electron chi connectivity index (χ3n) is 13.7. The van der Waals surface area contributed by atoms with Crippen LogP contribution >= 0.6 is 0 Å². The number of furan rings is 1. The van der Waals surface area contributed by atoms with Crippen molar-refractivity contribution in [1.82, 2.24) is 9.13 Å². The molecule has 3 nitrogen and oxygen atoms in total. The van der Waals surface area contributed by atoms with Gasteiger partial charge in [0.15, 0.2) is 0 Å². The second kappa shape index (κ2) is 13.2. The zero-order valence-corrected chi connectivity index (χ0v) is 34.3. The summed E-state index contributed by atoms with van der Waals surface area (Å²) in [4.78, 5) is 0. The van der Waals surface area contributed by atoms with Crippen molar-refractivity contribution in [3.05, 3.63) is 212 Å². The fraction of sp³-hybridized carbons (Fsp3) is 0.0333. The van der Waals surface area contributed by atoms with Crippen molar-refractivity contribution < 1.29 is 4.42 Å². The minimum absolute atomic E-state index is 0.922. The highest BCUT2D eigenvalue weighted by Crippen LogP contribution is 2.46. The lowest BCUT2D eigenvalue weighted by Gasteiger charge is -2.13. The van der Waals surface area contributed by atoms with Crippen molar-refractivity contribution in [1.29, 1.82) is 0 Å². The summed E-state index contributed by atoms with van der Waals surface area (Å²) >= 11 is 0. The van der Waals surface area contributed by atoms with Crippen molar-refractivity contribution in [2.75, 3.05) is 0 Å². The quantitative estimate of drug-likeness (QED) is 0.163. The Bertz CT molecular complexity index is 4030. The van der Waals surface area contributed by atoms with Gasteiger partial charge in [0.2, 0.25) is 0 Å². The average Bonchev–Trinajstić information content (AvgIpc) is 4.02. The zero-order chi connectivity index (χ0) is 41.2. The number of fused-ring (bicyclic) bond motifs is 17. The largest absolute Gasteiger partial charge is 0.460 e. The molecule has 0 amide bonds. The predicted molar refractivity (Wildman–Crippen MR) is 266 cm³/mol. The molecule has 294 valence electrons. The summed E-state index contributed by atoms with van der Waals surface area (Å²) in [7, 11) is 0. The first-order chi connectivity index (χ1) is 31.3. The number of aryl methyl sites for hydroxylation is 1. The van der Waals surface area contributed by atoms with E-state index in [1.807, 2.05) is 0 Å². The number of hydrogen-bond acceptors (Lipinski definition) is 1. The van der Waals surface area contributed by atoms with E-state index in [0.29, 0.717) is 0 Å². The maximum absolute atomic E-state index is 6.87. The first-order valence-electron chi connectivity index (χ1n) is 22.0. The number of hydrogen-bond donors (Lipinski definition) is 0. The van der Waals surface area contributed by atoms with Crippen molar-refractivity contribution in [2.24, 2.45) is 0 Å². The number of rotatable bonds is 4. The van der Waals surface area contributed by atoms with E-state index in [-0.39, 0.29) is 0 Å². The molecular weight excluding hydrogens is 765 g/mol. The standard InChI is InChI=1S/C60H38N2O/c1-2-13-37(14-3-1)39-15-12-16-42(35-39)62-55-33-31-49-48-21-9-11-24-56(48)63-60(49)58(55)51-32-34-54-57(59(51)62)50-22-8-10-23-53(50)61(54)41-28-25-38(26-29-41)40-27-30-47-45-19-5-4-17-43(45)44-18-6-7-20-46(44)52(47)36-40/h1-10,12-23,25-36H,11,24H2. The van der Waals surface area contributed by atoms with Crippen molar-refractivity contribution in [2.45, 2.75) is 12.8 Å². The Morgan fingerprint density at radius 1 is 0.365 bits per heavy atom. The first-order valence-corrected chi connectivity index (χ1v) is 22.0. The van der Waals surface area contributed by atoms with E-state index in [2.05, 4.69) is 215 Å². The van der Waals surface area contributed by atoms with E-state index in [9.17, 15) is 0 Å². The zero-order valence-electron chi connectivity index (χ0n) is 34.3. The number of benzene rings is 10. The Morgan fingerprint density at radius 2 is 0.952 bits per heavy atom. The molecule has 3 heterocycles. The van der Waals surface area contributed by atoms with E-state index in [0.717, 1.165) is 46.5 Å². The third-order valence-corrected chi connectivity index (χ3v) is 13.7. The number of para-hydroxylation sites is 1. The van der Waals surface area contributed by atoms with Crippen LogP contribution in [0.25, 0.3) is 127 Å². The molecule has 0 saturated carbocycles. The third kappa shape index (κ3) is 4.96. The minimum atomic E-state index is 0.922. The highest BCUT2D eigenvalue weighted by molar-refractivity contribution is 6.30. The molecule has 0 spiro atoms. The fourth-order valence-electron chi connectivity index (χ4n) is 10.9. The topological polar surface area (TPSA) is 23.0 Å². The summed E-state index contributed by atoms with van der Waals surface area (Å²) < 4.78 is 11.8. The van der Waals surface area contributed by atoms with Crippen LogP contribution < -0.4 is 0 Å². The Balaban J connectivity index is 1.00. The van der Waals surface area contributed by atoms with Gasteiger partial charge in [0, 0.05) is 44.9 Å². The minimum Gasteiger partial charge on any atom is -0.460 e. The van der Waals surface area contributed by atoms with E-state index in [4.69, 9.17) is 4.42 Å². The van der Waals surface area contributed by atoms with Crippen LogP contribution in [0.15, 0.2) is 205 Å². The molecule has 63 heavy (non-hydrogen) atoms. The molecule has 14 rings (SSSR count). The monoisotopic (exact) mass is 802 g/mol. The van der Waals surface area contributed by atoms with Crippen LogP contribution in [-0.4, -0.2) is 9.13 Å². The van der Waals surface area contributed by atoms with E-state index < -0.39 is 0 Å². The van der Waals surface area contributed by atoms with Gasteiger partial charge < -0.3 is 13.6 Å². The molecule has 0 atom stereocenters. The highest BCUT2D eigenvalue weighted by atomic mass is 16.3. The summed E-state index contributed by atoms with van der Waals surface area (Å²) in [5.74, 6) is 1.08. The molecule has 0 bridgehead atoms. The SMILES string of the molecule is C1=Cc2c(oc3c2ccc2c3c3ccc4c(c5ccccc5n4-c4ccc(-c5ccc6c7ccccc7c7ccccc7c6c5)cc4)c3n2-c2cccc(-c3ccccc3)c2)CC1. The fourth-order valence-corrected chi connectivity index (χ4v) is 10.9. The Morgan fingerprint density at radius 3 is 1.73 bits per heavy atom. The van der Waals surface area contributed by atoms with Crippen molar-refractivity contribution in [3.8, 4) is 33.6 Å². The van der Waals surface area contributed by atoms with Gasteiger partial charge in [-0.2, -0.15) is 0 Å². The molecular formula is C60H38N2O. The molecule has 0 aliphatic heterocycles. The summed E-state index contributed by atoms with van der Waals surface area (Å²) in [5.41, 5.74) is 13.9. The molecule has 10 aromatic carbocycles. The molecule has 0 unspecified atom stereocenters. The van der Waals surface area contributed by atoms with Crippen molar-refractivity contribution in [3.63, 3.8) is 0 Å². The van der Waals surface area contributed by atoms with Crippen LogP contribution in [-0.2, 0) is 6.42 Å². The lowest BCUT2D eigenvalue weighted by atomic mass is 9.92. The number of aromatic nitrogens is 2. The normalized spacial score (nSPS) is 12.9. The van der Waals surface area contributed by atoms with Gasteiger partial charge in [-0.05, 0) is 122 Å². The summed E-state index contributed by atoms with van der Waals surface area (Å²) in [6.07, 6.45) is 6.45. The maximum atomic E-state index is 6.87.